The fourth-order valence-electron chi connectivity index (χ4n) is 2.09. The average molecular weight is 384 g/mol. The van der Waals surface area contributed by atoms with Crippen molar-refractivity contribution in [1.82, 2.24) is 0 Å². The van der Waals surface area contributed by atoms with Gasteiger partial charge in [0.2, 0.25) is 5.91 Å². The molecule has 0 bridgehead atoms. The molecule has 1 N–H and O–H groups in total. The van der Waals surface area contributed by atoms with Crippen LogP contribution < -0.4 is 4.90 Å². The average Bonchev–Trinajstić information content (AvgIpc) is 2.73. The summed E-state index contributed by atoms with van der Waals surface area (Å²) >= 11 is 2.93. The van der Waals surface area contributed by atoms with Gasteiger partial charge < -0.3 is 10.0 Å². The van der Waals surface area contributed by atoms with Crippen molar-refractivity contribution >= 4 is 43.7 Å². The predicted molar refractivity (Wildman–Crippen MR) is 71.8 cm³/mol. The molecule has 1 aliphatic rings. The zero-order chi connectivity index (χ0) is 15.9. The molecule has 1 saturated heterocycles. The monoisotopic (exact) mass is 383 g/mol. The summed E-state index contributed by atoms with van der Waals surface area (Å²) in [6, 6.07) is 2.07. The minimum Gasteiger partial charge on any atom is -0.478 e. The molecule has 0 aliphatic carbocycles. The van der Waals surface area contributed by atoms with E-state index >= 15 is 0 Å². The van der Waals surface area contributed by atoms with Gasteiger partial charge in [0.1, 0.15) is 16.6 Å². The van der Waals surface area contributed by atoms with E-state index in [1.807, 2.05) is 0 Å². The van der Waals surface area contributed by atoms with Crippen LogP contribution in [0.2, 0.25) is 0 Å². The van der Waals surface area contributed by atoms with Gasteiger partial charge in [0.15, 0.2) is 0 Å². The largest absolute Gasteiger partial charge is 0.478 e. The zero-order valence-corrected chi connectivity index (χ0v) is 12.6. The highest BCUT2D eigenvalue weighted by molar-refractivity contribution is 9.10. The van der Waals surface area contributed by atoms with Crippen molar-refractivity contribution in [3.05, 3.63) is 28.0 Å². The van der Waals surface area contributed by atoms with E-state index < -0.39 is 57.4 Å². The van der Waals surface area contributed by atoms with Crippen molar-refractivity contribution in [2.24, 2.45) is 0 Å². The number of aromatic carboxylic acids is 1. The van der Waals surface area contributed by atoms with Gasteiger partial charge in [-0.1, -0.05) is 0 Å². The van der Waals surface area contributed by atoms with Crippen LogP contribution >= 0.6 is 15.9 Å². The molecule has 1 unspecified atom stereocenters. The molecule has 2 rings (SSSR count). The van der Waals surface area contributed by atoms with Crippen LogP contribution in [0.1, 0.15) is 16.8 Å². The molecule has 10 heteroatoms. The van der Waals surface area contributed by atoms with Gasteiger partial charge in [-0.05, 0) is 28.1 Å². The topological polar surface area (TPSA) is 91.8 Å². The molecule has 1 heterocycles. The summed E-state index contributed by atoms with van der Waals surface area (Å²) in [6.07, 6.45) is -0.663. The maximum atomic E-state index is 13.9. The summed E-state index contributed by atoms with van der Waals surface area (Å²) < 4.78 is 48.6. The number of carbonyl (C=O) groups excluding carboxylic acids is 1. The summed E-state index contributed by atoms with van der Waals surface area (Å²) in [7, 11) is -4.98. The molecule has 1 fully saturated rings. The van der Waals surface area contributed by atoms with Gasteiger partial charge >= 0.3 is 16.2 Å². The standard InChI is InChI=1S/C11H8BrF2NO5S/c12-6-1-2-7(13)10(9(6)11(17)18)15-4-5(3-8(15)16)21(14,19)20/h1-2,5H,3-4H2,(H,17,18). The van der Waals surface area contributed by atoms with Crippen molar-refractivity contribution < 1.29 is 31.4 Å². The Kier molecular flexibility index (Phi) is 4.02. The van der Waals surface area contributed by atoms with Crippen LogP contribution in [0, 0.1) is 5.82 Å². The quantitative estimate of drug-likeness (QED) is 0.801. The summed E-state index contributed by atoms with van der Waals surface area (Å²) in [5.41, 5.74) is -1.10. The van der Waals surface area contributed by atoms with Gasteiger partial charge in [0.25, 0.3) is 0 Å². The van der Waals surface area contributed by atoms with Crippen LogP contribution in [0.4, 0.5) is 14.0 Å². The number of anilines is 1. The number of halogens is 3. The van der Waals surface area contributed by atoms with E-state index in [9.17, 15) is 26.3 Å². The lowest BCUT2D eigenvalue weighted by atomic mass is 10.1. The molecule has 21 heavy (non-hydrogen) atoms. The maximum Gasteiger partial charge on any atom is 0.339 e. The molecule has 0 saturated carbocycles. The summed E-state index contributed by atoms with van der Waals surface area (Å²) in [4.78, 5) is 23.6. The van der Waals surface area contributed by atoms with Crippen LogP contribution in [-0.2, 0) is 15.0 Å². The number of carboxylic acid groups (broad SMARTS) is 1. The minimum atomic E-state index is -4.98. The first-order valence-electron chi connectivity index (χ1n) is 5.58. The smallest absolute Gasteiger partial charge is 0.339 e. The van der Waals surface area contributed by atoms with E-state index in [2.05, 4.69) is 15.9 Å². The van der Waals surface area contributed by atoms with Crippen molar-refractivity contribution in [3.63, 3.8) is 0 Å². The molecule has 0 radical (unpaired) electrons. The summed E-state index contributed by atoms with van der Waals surface area (Å²) in [5.74, 6) is -3.38. The van der Waals surface area contributed by atoms with Crippen LogP contribution in [0.3, 0.4) is 0 Å². The molecule has 114 valence electrons. The molecule has 1 aromatic carbocycles. The lowest BCUT2D eigenvalue weighted by molar-refractivity contribution is -0.117. The minimum absolute atomic E-state index is 0.0192. The SMILES string of the molecule is O=C(O)c1c(Br)ccc(F)c1N1CC(S(=O)(=O)F)CC1=O. The van der Waals surface area contributed by atoms with Crippen molar-refractivity contribution in [2.75, 3.05) is 11.4 Å². The molecule has 1 amide bonds. The first-order chi connectivity index (χ1) is 9.62. The fourth-order valence-corrected chi connectivity index (χ4v) is 3.25. The normalized spacial score (nSPS) is 19.1. The van der Waals surface area contributed by atoms with Crippen LogP contribution in [0.15, 0.2) is 16.6 Å². The second-order valence-corrected chi connectivity index (χ2v) is 6.84. The summed E-state index contributed by atoms with van der Waals surface area (Å²) in [5, 5.41) is 7.48. The third kappa shape index (κ3) is 2.91. The van der Waals surface area contributed by atoms with Crippen molar-refractivity contribution in [2.45, 2.75) is 11.7 Å². The van der Waals surface area contributed by atoms with E-state index in [-0.39, 0.29) is 4.47 Å². The third-order valence-corrected chi connectivity index (χ3v) is 4.82. The van der Waals surface area contributed by atoms with Gasteiger partial charge in [0.05, 0.1) is 5.69 Å². The Morgan fingerprint density at radius 2 is 2.05 bits per heavy atom. The Balaban J connectivity index is 2.55. The van der Waals surface area contributed by atoms with Gasteiger partial charge in [-0.2, -0.15) is 8.42 Å². The van der Waals surface area contributed by atoms with E-state index in [0.29, 0.717) is 4.90 Å². The first-order valence-corrected chi connectivity index (χ1v) is 7.82. The molecule has 0 aromatic heterocycles. The van der Waals surface area contributed by atoms with Gasteiger partial charge in [-0.3, -0.25) is 4.79 Å². The zero-order valence-electron chi connectivity index (χ0n) is 10.2. The second-order valence-electron chi connectivity index (χ2n) is 4.36. The number of carboxylic acids is 1. The number of carbonyl (C=O) groups is 2. The second kappa shape index (κ2) is 5.34. The third-order valence-electron chi connectivity index (χ3n) is 3.05. The highest BCUT2D eigenvalue weighted by Crippen LogP contribution is 2.34. The van der Waals surface area contributed by atoms with E-state index in [1.54, 1.807) is 0 Å². The number of rotatable bonds is 3. The van der Waals surface area contributed by atoms with E-state index in [0.717, 1.165) is 12.1 Å². The van der Waals surface area contributed by atoms with Crippen molar-refractivity contribution in [1.29, 1.82) is 0 Å². The highest BCUT2D eigenvalue weighted by Gasteiger charge is 2.41. The molecular weight excluding hydrogens is 376 g/mol. The molecule has 0 spiro atoms. The number of benzene rings is 1. The van der Waals surface area contributed by atoms with Crippen LogP contribution in [-0.4, -0.2) is 37.2 Å². The van der Waals surface area contributed by atoms with Crippen molar-refractivity contribution in [3.8, 4) is 0 Å². The molecule has 1 atom stereocenters. The maximum absolute atomic E-state index is 13.9. The fraction of sp³-hybridized carbons (Fsp3) is 0.273. The highest BCUT2D eigenvalue weighted by atomic mass is 79.9. The van der Waals surface area contributed by atoms with Crippen LogP contribution in [0.25, 0.3) is 0 Å². The number of hydrogen-bond donors (Lipinski definition) is 1. The van der Waals surface area contributed by atoms with Gasteiger partial charge in [-0.15, -0.1) is 3.89 Å². The number of amides is 1. The van der Waals surface area contributed by atoms with Crippen LogP contribution in [0.5, 0.6) is 0 Å². The Morgan fingerprint density at radius 3 is 2.52 bits per heavy atom. The number of nitrogens with zero attached hydrogens (tertiary/aromatic N) is 1. The Labute approximate surface area is 126 Å². The molecule has 1 aromatic rings. The van der Waals surface area contributed by atoms with E-state index in [1.165, 1.54) is 0 Å². The van der Waals surface area contributed by atoms with Gasteiger partial charge in [-0.25, -0.2) is 9.18 Å². The predicted octanol–water partition coefficient (Wildman–Crippen LogP) is 1.69. The first kappa shape index (κ1) is 15.8. The Hall–Kier alpha value is -1.55. The Bertz CT molecular complexity index is 736. The summed E-state index contributed by atoms with van der Waals surface area (Å²) in [6.45, 7) is -0.634. The van der Waals surface area contributed by atoms with E-state index in [4.69, 9.17) is 5.11 Å². The molecule has 1 aliphatic heterocycles. The number of hydrogen-bond acceptors (Lipinski definition) is 4. The molecular formula is C11H8BrF2NO5S. The van der Waals surface area contributed by atoms with Gasteiger partial charge in [0, 0.05) is 17.4 Å². The Morgan fingerprint density at radius 1 is 1.43 bits per heavy atom. The molecule has 6 nitrogen and oxygen atoms in total. The lowest BCUT2D eigenvalue weighted by Crippen LogP contribution is -2.29. The lowest BCUT2D eigenvalue weighted by Gasteiger charge is -2.20.